The zero-order chi connectivity index (χ0) is 8.91. The zero-order valence-electron chi connectivity index (χ0n) is 8.03. The molecule has 0 saturated carbocycles. The Morgan fingerprint density at radius 2 is 1.75 bits per heavy atom. The molecule has 0 radical (unpaired) electrons. The quantitative estimate of drug-likeness (QED) is 0.647. The number of likely N-dealkylation sites (N-methyl/N-ethyl adjacent to an activating group) is 1. The van der Waals surface area contributed by atoms with Gasteiger partial charge in [0, 0.05) is 27.7 Å². The molecule has 0 aliphatic carbocycles. The van der Waals surface area contributed by atoms with Gasteiger partial charge in [-0.05, 0) is 7.05 Å². The van der Waals surface area contributed by atoms with Crippen LogP contribution in [0.2, 0.25) is 0 Å². The monoisotopic (exact) mass is 199 g/mol. The van der Waals surface area contributed by atoms with E-state index in [1.807, 2.05) is 7.05 Å². The Kier molecular flexibility index (Phi) is 8.08. The van der Waals surface area contributed by atoms with E-state index in [9.17, 15) is 0 Å². The van der Waals surface area contributed by atoms with Gasteiger partial charge in [0.1, 0.15) is 0 Å². The summed E-state index contributed by atoms with van der Waals surface area (Å²) in [6.07, 6.45) is 0. The number of methoxy groups -OCH3 is 2. The van der Waals surface area contributed by atoms with Crippen molar-refractivity contribution in [1.82, 2.24) is 4.90 Å². The molecule has 4 nitrogen and oxygen atoms in total. The summed E-state index contributed by atoms with van der Waals surface area (Å²) < 4.78 is 10.2. The van der Waals surface area contributed by atoms with E-state index in [-0.39, 0.29) is 19.0 Å². The molecule has 0 unspecified atom stereocenters. The van der Waals surface area contributed by atoms with E-state index in [1.54, 1.807) is 26.0 Å². The van der Waals surface area contributed by atoms with Crippen LogP contribution < -0.4 is 0 Å². The highest BCUT2D eigenvalue weighted by Crippen LogP contribution is 2.13. The average molecular weight is 200 g/mol. The molecular weight excluding hydrogens is 182 g/mol. The molecule has 76 valence electrons. The minimum Gasteiger partial charge on any atom is -0.395 e. The second kappa shape index (κ2) is 6.62. The lowest BCUT2D eigenvalue weighted by Crippen LogP contribution is -2.48. The standard InChI is InChI=1S/C7H17NO3.ClH/c1-7(10-3,11-4)8(2)5-6-9;/h9H,5-6H2,1-4H3;1H. The van der Waals surface area contributed by atoms with Gasteiger partial charge in [0.15, 0.2) is 0 Å². The maximum atomic E-state index is 8.64. The Bertz CT molecular complexity index is 109. The van der Waals surface area contributed by atoms with Gasteiger partial charge in [-0.1, -0.05) is 0 Å². The van der Waals surface area contributed by atoms with Crippen molar-refractivity contribution in [3.05, 3.63) is 0 Å². The second-order valence-corrected chi connectivity index (χ2v) is 2.45. The van der Waals surface area contributed by atoms with Gasteiger partial charge in [-0.25, -0.2) is 0 Å². The first-order valence-electron chi connectivity index (χ1n) is 3.53. The average Bonchev–Trinajstić information content (AvgIpc) is 2.03. The molecule has 12 heavy (non-hydrogen) atoms. The highest BCUT2D eigenvalue weighted by atomic mass is 35.5. The lowest BCUT2D eigenvalue weighted by Gasteiger charge is -2.35. The van der Waals surface area contributed by atoms with Crippen LogP contribution in [-0.4, -0.2) is 50.3 Å². The van der Waals surface area contributed by atoms with Gasteiger partial charge in [0.2, 0.25) is 5.91 Å². The summed E-state index contributed by atoms with van der Waals surface area (Å²) in [5.41, 5.74) is 0. The van der Waals surface area contributed by atoms with E-state index in [0.717, 1.165) is 0 Å². The van der Waals surface area contributed by atoms with Gasteiger partial charge in [-0.2, -0.15) is 0 Å². The zero-order valence-corrected chi connectivity index (χ0v) is 8.85. The van der Waals surface area contributed by atoms with Gasteiger partial charge in [-0.15, -0.1) is 12.4 Å². The van der Waals surface area contributed by atoms with Crippen LogP contribution in [0, 0.1) is 0 Å². The first kappa shape index (κ1) is 14.6. The number of nitrogens with zero attached hydrogens (tertiary/aromatic N) is 1. The molecule has 1 N–H and O–H groups in total. The SMILES string of the molecule is COC(C)(OC)N(C)CCO.Cl. The minimum atomic E-state index is -0.733. The molecule has 0 fully saturated rings. The van der Waals surface area contributed by atoms with Crippen LogP contribution in [0.4, 0.5) is 0 Å². The molecule has 0 saturated heterocycles. The van der Waals surface area contributed by atoms with Crippen molar-refractivity contribution >= 4 is 12.4 Å². The van der Waals surface area contributed by atoms with Crippen LogP contribution in [0.15, 0.2) is 0 Å². The fourth-order valence-corrected chi connectivity index (χ4v) is 0.748. The van der Waals surface area contributed by atoms with Crippen LogP contribution in [-0.2, 0) is 9.47 Å². The van der Waals surface area contributed by atoms with E-state index in [0.29, 0.717) is 6.54 Å². The van der Waals surface area contributed by atoms with Crippen LogP contribution >= 0.6 is 12.4 Å². The summed E-state index contributed by atoms with van der Waals surface area (Å²) in [5, 5.41) is 8.64. The molecule has 0 heterocycles. The van der Waals surface area contributed by atoms with Crippen LogP contribution in [0.3, 0.4) is 0 Å². The lowest BCUT2D eigenvalue weighted by molar-refractivity contribution is -0.277. The van der Waals surface area contributed by atoms with Gasteiger partial charge in [0.25, 0.3) is 0 Å². The number of halogens is 1. The van der Waals surface area contributed by atoms with Crippen LogP contribution in [0.5, 0.6) is 0 Å². The smallest absolute Gasteiger partial charge is 0.226 e. The van der Waals surface area contributed by atoms with Gasteiger partial charge < -0.3 is 14.6 Å². The predicted molar refractivity (Wildman–Crippen MR) is 49.4 cm³/mol. The maximum absolute atomic E-state index is 8.64. The van der Waals surface area contributed by atoms with Gasteiger partial charge in [0.05, 0.1) is 6.61 Å². The largest absolute Gasteiger partial charge is 0.395 e. The Morgan fingerprint density at radius 1 is 1.33 bits per heavy atom. The van der Waals surface area contributed by atoms with Crippen molar-refractivity contribution in [3.8, 4) is 0 Å². The van der Waals surface area contributed by atoms with E-state index in [1.165, 1.54) is 0 Å². The van der Waals surface area contributed by atoms with Gasteiger partial charge in [-0.3, -0.25) is 4.90 Å². The fourth-order valence-electron chi connectivity index (χ4n) is 0.748. The van der Waals surface area contributed by atoms with Crippen molar-refractivity contribution in [2.75, 3.05) is 34.4 Å². The summed E-state index contributed by atoms with van der Waals surface area (Å²) in [4.78, 5) is 1.78. The van der Waals surface area contributed by atoms with Crippen molar-refractivity contribution in [3.63, 3.8) is 0 Å². The first-order chi connectivity index (χ1) is 5.10. The molecule has 5 heteroatoms. The summed E-state index contributed by atoms with van der Waals surface area (Å²) in [6, 6.07) is 0. The van der Waals surface area contributed by atoms with E-state index in [4.69, 9.17) is 14.6 Å². The van der Waals surface area contributed by atoms with Crippen LogP contribution in [0.1, 0.15) is 6.92 Å². The summed E-state index contributed by atoms with van der Waals surface area (Å²) in [6.45, 7) is 2.42. The third-order valence-electron chi connectivity index (χ3n) is 1.89. The summed E-state index contributed by atoms with van der Waals surface area (Å²) in [7, 11) is 4.96. The normalized spacial score (nSPS) is 11.5. The minimum absolute atomic E-state index is 0. The van der Waals surface area contributed by atoms with Crippen LogP contribution in [0.25, 0.3) is 0 Å². The molecule has 0 rings (SSSR count). The Hall–Kier alpha value is 0.130. The molecule has 0 spiro atoms. The van der Waals surface area contributed by atoms with Crippen molar-refractivity contribution in [2.24, 2.45) is 0 Å². The first-order valence-corrected chi connectivity index (χ1v) is 3.53. The molecule has 0 amide bonds. The number of rotatable bonds is 5. The molecular formula is C7H18ClNO3. The molecule has 0 atom stereocenters. The number of aliphatic hydroxyl groups is 1. The third kappa shape index (κ3) is 3.69. The Labute approximate surface area is 79.9 Å². The van der Waals surface area contributed by atoms with Gasteiger partial charge >= 0.3 is 0 Å². The molecule has 0 aliphatic heterocycles. The van der Waals surface area contributed by atoms with Crippen molar-refractivity contribution < 1.29 is 14.6 Å². The highest BCUT2D eigenvalue weighted by Gasteiger charge is 2.27. The lowest BCUT2D eigenvalue weighted by atomic mass is 10.4. The van der Waals surface area contributed by atoms with Crippen molar-refractivity contribution in [2.45, 2.75) is 12.8 Å². The molecule has 0 aromatic carbocycles. The molecule has 0 bridgehead atoms. The number of aliphatic hydroxyl groups excluding tert-OH is 1. The van der Waals surface area contributed by atoms with E-state index < -0.39 is 5.91 Å². The summed E-state index contributed by atoms with van der Waals surface area (Å²) in [5.74, 6) is -0.733. The molecule has 0 aromatic rings. The molecule has 0 aromatic heterocycles. The maximum Gasteiger partial charge on any atom is 0.226 e. The number of hydrogen-bond acceptors (Lipinski definition) is 4. The highest BCUT2D eigenvalue weighted by molar-refractivity contribution is 5.85. The predicted octanol–water partition coefficient (Wildman–Crippen LogP) is 0.299. The van der Waals surface area contributed by atoms with Crippen molar-refractivity contribution in [1.29, 1.82) is 0 Å². The number of ether oxygens (including phenoxy) is 2. The second-order valence-electron chi connectivity index (χ2n) is 2.45. The fraction of sp³-hybridized carbons (Fsp3) is 1.00. The summed E-state index contributed by atoms with van der Waals surface area (Å²) >= 11 is 0. The topological polar surface area (TPSA) is 41.9 Å². The van der Waals surface area contributed by atoms with E-state index in [2.05, 4.69) is 0 Å². The number of hydrogen-bond donors (Lipinski definition) is 1. The van der Waals surface area contributed by atoms with E-state index >= 15 is 0 Å². The Balaban J connectivity index is 0. The third-order valence-corrected chi connectivity index (χ3v) is 1.89. The molecule has 0 aliphatic rings. The Morgan fingerprint density at radius 3 is 2.00 bits per heavy atom.